The smallest absolute Gasteiger partial charge is 0.341 e. The molecule has 0 saturated carbocycles. The number of nitrogens with zero attached hydrogens (tertiary/aromatic N) is 2. The average Bonchev–Trinajstić information content (AvgIpc) is 2.37. The standard InChI is InChI=1S/C13H30N2OSi/c1-10-11(2)15(13(6,7)8)17(16-9)14(10)12(3,4)5/h10-11,17H,1-9H3. The summed E-state index contributed by atoms with van der Waals surface area (Å²) in [6.45, 7) is 18.4. The first-order valence-electron chi connectivity index (χ1n) is 6.61. The molecule has 2 atom stereocenters. The van der Waals surface area contributed by atoms with Gasteiger partial charge in [0.2, 0.25) is 0 Å². The van der Waals surface area contributed by atoms with Crippen LogP contribution in [0.25, 0.3) is 0 Å². The van der Waals surface area contributed by atoms with E-state index < -0.39 is 9.36 Å². The molecule has 1 aliphatic heterocycles. The van der Waals surface area contributed by atoms with Gasteiger partial charge < -0.3 is 4.43 Å². The van der Waals surface area contributed by atoms with Crippen LogP contribution in [0, 0.1) is 0 Å². The van der Waals surface area contributed by atoms with Crippen molar-refractivity contribution in [3.8, 4) is 0 Å². The Morgan fingerprint density at radius 2 is 1.12 bits per heavy atom. The predicted molar refractivity (Wildman–Crippen MR) is 76.3 cm³/mol. The minimum absolute atomic E-state index is 0.181. The molecule has 0 spiro atoms. The summed E-state index contributed by atoms with van der Waals surface area (Å²) in [7, 11) is 0.385. The first-order chi connectivity index (χ1) is 7.51. The average molecular weight is 258 g/mol. The summed E-state index contributed by atoms with van der Waals surface area (Å²) < 4.78 is 11.1. The molecule has 1 saturated heterocycles. The van der Waals surface area contributed by atoms with Gasteiger partial charge in [-0.25, -0.2) is 0 Å². The lowest BCUT2D eigenvalue weighted by Crippen LogP contribution is -2.59. The van der Waals surface area contributed by atoms with Gasteiger partial charge in [0.05, 0.1) is 0 Å². The summed E-state index contributed by atoms with van der Waals surface area (Å²) in [5, 5.41) is 0. The van der Waals surface area contributed by atoms with Gasteiger partial charge in [0.1, 0.15) is 0 Å². The zero-order valence-corrected chi connectivity index (χ0v) is 14.2. The highest BCUT2D eigenvalue weighted by Crippen LogP contribution is 2.35. The molecule has 0 bridgehead atoms. The van der Waals surface area contributed by atoms with Gasteiger partial charge in [-0.1, -0.05) is 0 Å². The maximum Gasteiger partial charge on any atom is 0.341 e. The van der Waals surface area contributed by atoms with Crippen molar-refractivity contribution in [3.05, 3.63) is 0 Å². The van der Waals surface area contributed by atoms with E-state index in [0.717, 1.165) is 0 Å². The highest BCUT2D eigenvalue weighted by atomic mass is 28.3. The molecule has 0 aromatic heterocycles. The van der Waals surface area contributed by atoms with Gasteiger partial charge in [0, 0.05) is 30.3 Å². The van der Waals surface area contributed by atoms with Crippen LogP contribution in [0.4, 0.5) is 0 Å². The quantitative estimate of drug-likeness (QED) is 0.672. The number of hydrogen-bond acceptors (Lipinski definition) is 3. The summed E-state index contributed by atoms with van der Waals surface area (Å²) in [5.41, 5.74) is 0.362. The zero-order valence-electron chi connectivity index (χ0n) is 13.0. The zero-order chi connectivity index (χ0) is 13.6. The molecule has 3 nitrogen and oxygen atoms in total. The lowest BCUT2D eigenvalue weighted by Gasteiger charge is -2.41. The van der Waals surface area contributed by atoms with Crippen LogP contribution in [0.2, 0.25) is 0 Å². The van der Waals surface area contributed by atoms with Crippen molar-refractivity contribution in [3.63, 3.8) is 0 Å². The minimum Gasteiger partial charge on any atom is -0.397 e. The number of rotatable bonds is 1. The van der Waals surface area contributed by atoms with Gasteiger partial charge in [0.15, 0.2) is 0 Å². The first-order valence-corrected chi connectivity index (χ1v) is 8.12. The molecule has 0 radical (unpaired) electrons. The van der Waals surface area contributed by atoms with Crippen LogP contribution in [-0.4, -0.2) is 48.8 Å². The Bertz CT molecular complexity index is 244. The topological polar surface area (TPSA) is 15.7 Å². The maximum absolute atomic E-state index is 5.92. The molecule has 1 fully saturated rings. The van der Waals surface area contributed by atoms with E-state index in [1.165, 1.54) is 0 Å². The Hall–Kier alpha value is 0.0969. The molecule has 1 rings (SSSR count). The van der Waals surface area contributed by atoms with Crippen molar-refractivity contribution in [2.45, 2.75) is 78.6 Å². The summed E-state index contributed by atoms with van der Waals surface area (Å²) in [5.74, 6) is 0. The van der Waals surface area contributed by atoms with Crippen LogP contribution >= 0.6 is 0 Å². The second-order valence-electron chi connectivity index (χ2n) is 7.20. The van der Waals surface area contributed by atoms with E-state index in [0.29, 0.717) is 12.1 Å². The van der Waals surface area contributed by atoms with Crippen molar-refractivity contribution in [1.82, 2.24) is 9.13 Å². The van der Waals surface area contributed by atoms with Gasteiger partial charge in [-0.05, 0) is 55.4 Å². The van der Waals surface area contributed by atoms with E-state index in [9.17, 15) is 0 Å². The predicted octanol–water partition coefficient (Wildman–Crippen LogP) is 2.34. The lowest BCUT2D eigenvalue weighted by molar-refractivity contribution is 0.172. The third-order valence-corrected chi connectivity index (χ3v) is 7.67. The highest BCUT2D eigenvalue weighted by molar-refractivity contribution is 6.47. The van der Waals surface area contributed by atoms with Gasteiger partial charge in [-0.3, -0.25) is 9.13 Å². The molecule has 1 aliphatic rings. The molecule has 2 unspecified atom stereocenters. The van der Waals surface area contributed by atoms with E-state index in [1.54, 1.807) is 0 Å². The molecular formula is C13H30N2OSi. The SMILES string of the molecule is CO[SiH]1N(C(C)(C)C)C(C)C(C)N1C(C)(C)C. The molecule has 0 N–H and O–H groups in total. The Morgan fingerprint density at radius 3 is 1.29 bits per heavy atom. The van der Waals surface area contributed by atoms with Gasteiger partial charge in [-0.15, -0.1) is 0 Å². The van der Waals surface area contributed by atoms with Crippen LogP contribution in [0.15, 0.2) is 0 Å². The molecule has 0 aromatic carbocycles. The fraction of sp³-hybridized carbons (Fsp3) is 1.00. The molecule has 0 aliphatic carbocycles. The fourth-order valence-electron chi connectivity index (χ4n) is 3.11. The van der Waals surface area contributed by atoms with E-state index in [-0.39, 0.29) is 11.1 Å². The van der Waals surface area contributed by atoms with Gasteiger partial charge >= 0.3 is 9.36 Å². The van der Waals surface area contributed by atoms with Crippen molar-refractivity contribution in [2.75, 3.05) is 7.11 Å². The van der Waals surface area contributed by atoms with E-state index in [1.807, 2.05) is 7.11 Å². The van der Waals surface area contributed by atoms with Crippen molar-refractivity contribution >= 4 is 9.36 Å². The Balaban J connectivity index is 3.12. The van der Waals surface area contributed by atoms with Crippen molar-refractivity contribution < 1.29 is 4.43 Å². The fourth-order valence-corrected chi connectivity index (χ4v) is 6.46. The molecule has 0 aromatic rings. The second-order valence-corrected chi connectivity index (χ2v) is 9.44. The molecular weight excluding hydrogens is 228 g/mol. The normalized spacial score (nSPS) is 33.4. The second kappa shape index (κ2) is 4.65. The Kier molecular flexibility index (Phi) is 4.14. The van der Waals surface area contributed by atoms with Crippen molar-refractivity contribution in [1.29, 1.82) is 0 Å². The van der Waals surface area contributed by atoms with Crippen LogP contribution in [0.3, 0.4) is 0 Å². The monoisotopic (exact) mass is 258 g/mol. The van der Waals surface area contributed by atoms with E-state index >= 15 is 0 Å². The molecule has 4 heteroatoms. The molecule has 1 heterocycles. The summed E-state index contributed by atoms with van der Waals surface area (Å²) in [6, 6.07) is 1.12. The Labute approximate surface area is 109 Å². The third-order valence-electron chi connectivity index (χ3n) is 3.81. The maximum atomic E-state index is 5.92. The summed E-state index contributed by atoms with van der Waals surface area (Å²) in [4.78, 5) is 0. The van der Waals surface area contributed by atoms with Crippen LogP contribution in [-0.2, 0) is 4.43 Å². The summed E-state index contributed by atoms with van der Waals surface area (Å²) >= 11 is 0. The van der Waals surface area contributed by atoms with Crippen LogP contribution in [0.5, 0.6) is 0 Å². The third kappa shape index (κ3) is 2.75. The van der Waals surface area contributed by atoms with E-state index in [2.05, 4.69) is 64.5 Å². The molecule has 102 valence electrons. The minimum atomic E-state index is -1.49. The molecule has 17 heavy (non-hydrogen) atoms. The first kappa shape index (κ1) is 15.2. The van der Waals surface area contributed by atoms with Crippen LogP contribution < -0.4 is 0 Å². The lowest BCUT2D eigenvalue weighted by atomic mass is 10.0. The van der Waals surface area contributed by atoms with Crippen molar-refractivity contribution in [2.24, 2.45) is 0 Å². The summed E-state index contributed by atoms with van der Waals surface area (Å²) in [6.07, 6.45) is 0. The van der Waals surface area contributed by atoms with Gasteiger partial charge in [0.25, 0.3) is 0 Å². The Morgan fingerprint density at radius 1 is 0.824 bits per heavy atom. The number of hydrogen-bond donors (Lipinski definition) is 0. The van der Waals surface area contributed by atoms with Crippen LogP contribution in [0.1, 0.15) is 55.4 Å². The van der Waals surface area contributed by atoms with Gasteiger partial charge in [-0.2, -0.15) is 0 Å². The molecule has 0 amide bonds. The highest BCUT2D eigenvalue weighted by Gasteiger charge is 2.52. The van der Waals surface area contributed by atoms with E-state index in [4.69, 9.17) is 4.43 Å². The largest absolute Gasteiger partial charge is 0.397 e.